The zero-order valence-corrected chi connectivity index (χ0v) is 14.7. The number of esters is 1. The molecule has 26 heavy (non-hydrogen) atoms. The van der Waals surface area contributed by atoms with Crippen molar-refractivity contribution < 1.29 is 19.1 Å². The summed E-state index contributed by atoms with van der Waals surface area (Å²) in [6.45, 7) is 2.89. The summed E-state index contributed by atoms with van der Waals surface area (Å²) in [7, 11) is 0. The summed E-state index contributed by atoms with van der Waals surface area (Å²) in [5.41, 5.74) is 2.89. The van der Waals surface area contributed by atoms with Crippen LogP contribution in [0, 0.1) is 0 Å². The predicted molar refractivity (Wildman–Crippen MR) is 100 cm³/mol. The second kappa shape index (κ2) is 8.34. The van der Waals surface area contributed by atoms with Crippen molar-refractivity contribution in [3.8, 4) is 5.75 Å². The number of anilines is 1. The topological polar surface area (TPSA) is 55.8 Å². The highest BCUT2D eigenvalue weighted by atomic mass is 16.5. The second-order valence-electron chi connectivity index (χ2n) is 5.87. The maximum Gasteiger partial charge on any atom is 0.331 e. The molecule has 1 heterocycles. The van der Waals surface area contributed by atoms with Crippen LogP contribution in [0.4, 0.5) is 5.69 Å². The summed E-state index contributed by atoms with van der Waals surface area (Å²) in [6, 6.07) is 15.1. The molecule has 134 valence electrons. The highest BCUT2D eigenvalue weighted by Gasteiger charge is 2.24. The largest absolute Gasteiger partial charge is 0.494 e. The van der Waals surface area contributed by atoms with Crippen molar-refractivity contribution in [2.24, 2.45) is 0 Å². The third kappa shape index (κ3) is 4.30. The van der Waals surface area contributed by atoms with E-state index in [0.29, 0.717) is 13.2 Å². The van der Waals surface area contributed by atoms with E-state index in [4.69, 9.17) is 9.47 Å². The Morgan fingerprint density at radius 1 is 1.12 bits per heavy atom. The average Bonchev–Trinajstić information content (AvgIpc) is 3.10. The van der Waals surface area contributed by atoms with E-state index in [2.05, 4.69) is 0 Å². The lowest BCUT2D eigenvalue weighted by atomic mass is 10.2. The molecule has 0 saturated heterocycles. The molecule has 0 atom stereocenters. The van der Waals surface area contributed by atoms with Gasteiger partial charge in [0.2, 0.25) is 0 Å². The van der Waals surface area contributed by atoms with Crippen LogP contribution in [0.25, 0.3) is 6.08 Å². The standard InChI is InChI=1S/C21H21NO4/c1-2-25-18-10-7-16(8-11-18)9-12-21(24)26-15-20(23)22-14-13-17-5-3-4-6-19(17)22/h3-12H,2,13-15H2,1H3/b12-9+. The molecule has 0 aliphatic carbocycles. The first kappa shape index (κ1) is 17.7. The summed E-state index contributed by atoms with van der Waals surface area (Å²) < 4.78 is 10.4. The van der Waals surface area contributed by atoms with Crippen molar-refractivity contribution in [2.75, 3.05) is 24.7 Å². The SMILES string of the molecule is CCOc1ccc(/C=C/C(=O)OCC(=O)N2CCc3ccccc32)cc1. The minimum atomic E-state index is -0.542. The number of ether oxygens (including phenoxy) is 2. The maximum absolute atomic E-state index is 12.3. The molecule has 0 bridgehead atoms. The van der Waals surface area contributed by atoms with Crippen LogP contribution in [0.15, 0.2) is 54.6 Å². The summed E-state index contributed by atoms with van der Waals surface area (Å²) in [5.74, 6) is 0.0289. The van der Waals surface area contributed by atoms with Gasteiger partial charge in [0.25, 0.3) is 5.91 Å². The Hall–Kier alpha value is -3.08. The van der Waals surface area contributed by atoms with Gasteiger partial charge < -0.3 is 14.4 Å². The first-order valence-corrected chi connectivity index (χ1v) is 8.63. The quantitative estimate of drug-likeness (QED) is 0.592. The first-order chi connectivity index (χ1) is 12.7. The fourth-order valence-electron chi connectivity index (χ4n) is 2.86. The molecule has 0 N–H and O–H groups in total. The Bertz CT molecular complexity index is 811. The number of carbonyl (C=O) groups is 2. The fraction of sp³-hybridized carbons (Fsp3) is 0.238. The van der Waals surface area contributed by atoms with E-state index in [0.717, 1.165) is 29.0 Å². The molecule has 0 aromatic heterocycles. The lowest BCUT2D eigenvalue weighted by molar-refractivity contribution is -0.142. The number of carbonyl (C=O) groups excluding carboxylic acids is 2. The Kier molecular flexibility index (Phi) is 5.69. The number of amides is 1. The minimum Gasteiger partial charge on any atom is -0.494 e. The van der Waals surface area contributed by atoms with Gasteiger partial charge in [-0.3, -0.25) is 4.79 Å². The zero-order valence-electron chi connectivity index (χ0n) is 14.7. The summed E-state index contributed by atoms with van der Waals surface area (Å²) in [6.07, 6.45) is 3.79. The van der Waals surface area contributed by atoms with Crippen LogP contribution in [0.1, 0.15) is 18.1 Å². The molecular formula is C21H21NO4. The van der Waals surface area contributed by atoms with Crippen LogP contribution in [0.3, 0.4) is 0 Å². The summed E-state index contributed by atoms with van der Waals surface area (Å²) >= 11 is 0. The Balaban J connectivity index is 1.50. The van der Waals surface area contributed by atoms with Crippen molar-refractivity contribution in [3.05, 3.63) is 65.7 Å². The van der Waals surface area contributed by atoms with Gasteiger partial charge in [-0.2, -0.15) is 0 Å². The van der Waals surface area contributed by atoms with Gasteiger partial charge in [0.15, 0.2) is 6.61 Å². The van der Waals surface area contributed by atoms with Gasteiger partial charge in [0.05, 0.1) is 6.61 Å². The van der Waals surface area contributed by atoms with E-state index < -0.39 is 5.97 Å². The van der Waals surface area contributed by atoms with Gasteiger partial charge in [-0.25, -0.2) is 4.79 Å². The van der Waals surface area contributed by atoms with Crippen LogP contribution in [-0.4, -0.2) is 31.6 Å². The van der Waals surface area contributed by atoms with Gasteiger partial charge in [-0.1, -0.05) is 30.3 Å². The summed E-state index contributed by atoms with van der Waals surface area (Å²) in [5, 5.41) is 0. The van der Waals surface area contributed by atoms with Crippen molar-refractivity contribution in [1.82, 2.24) is 0 Å². The van der Waals surface area contributed by atoms with Crippen molar-refractivity contribution in [3.63, 3.8) is 0 Å². The van der Waals surface area contributed by atoms with E-state index in [9.17, 15) is 9.59 Å². The molecule has 2 aromatic rings. The molecule has 1 amide bonds. The number of fused-ring (bicyclic) bond motifs is 1. The molecule has 0 radical (unpaired) electrons. The second-order valence-corrected chi connectivity index (χ2v) is 5.87. The predicted octanol–water partition coefficient (Wildman–Crippen LogP) is 3.23. The summed E-state index contributed by atoms with van der Waals surface area (Å²) in [4.78, 5) is 25.8. The number of nitrogens with zero attached hydrogens (tertiary/aromatic N) is 1. The van der Waals surface area contributed by atoms with E-state index in [1.54, 1.807) is 11.0 Å². The van der Waals surface area contributed by atoms with Gasteiger partial charge in [0.1, 0.15) is 5.75 Å². The normalized spacial score (nSPS) is 12.9. The highest BCUT2D eigenvalue weighted by molar-refractivity contribution is 5.98. The van der Waals surface area contributed by atoms with Crippen LogP contribution in [0.2, 0.25) is 0 Å². The molecule has 1 aliphatic rings. The monoisotopic (exact) mass is 351 g/mol. The molecule has 2 aromatic carbocycles. The van der Waals surface area contributed by atoms with Crippen LogP contribution >= 0.6 is 0 Å². The van der Waals surface area contributed by atoms with Gasteiger partial charge in [-0.05, 0) is 48.7 Å². The molecule has 0 saturated carbocycles. The zero-order chi connectivity index (χ0) is 18.4. The maximum atomic E-state index is 12.3. The van der Waals surface area contributed by atoms with E-state index in [1.807, 2.05) is 55.5 Å². The Morgan fingerprint density at radius 3 is 2.65 bits per heavy atom. The van der Waals surface area contributed by atoms with Gasteiger partial charge in [-0.15, -0.1) is 0 Å². The van der Waals surface area contributed by atoms with E-state index >= 15 is 0 Å². The van der Waals surface area contributed by atoms with E-state index in [1.165, 1.54) is 6.08 Å². The molecule has 1 aliphatic heterocycles. The van der Waals surface area contributed by atoms with E-state index in [-0.39, 0.29) is 12.5 Å². The van der Waals surface area contributed by atoms with Crippen molar-refractivity contribution >= 4 is 23.6 Å². The van der Waals surface area contributed by atoms with Crippen molar-refractivity contribution in [1.29, 1.82) is 0 Å². The number of para-hydroxylation sites is 1. The van der Waals surface area contributed by atoms with Crippen molar-refractivity contribution in [2.45, 2.75) is 13.3 Å². The van der Waals surface area contributed by atoms with Gasteiger partial charge >= 0.3 is 5.97 Å². The Morgan fingerprint density at radius 2 is 1.88 bits per heavy atom. The molecule has 0 fully saturated rings. The number of rotatable bonds is 6. The number of hydrogen-bond acceptors (Lipinski definition) is 4. The molecule has 0 unspecified atom stereocenters. The molecular weight excluding hydrogens is 330 g/mol. The fourth-order valence-corrected chi connectivity index (χ4v) is 2.86. The number of benzene rings is 2. The van der Waals surface area contributed by atoms with Crippen LogP contribution in [-0.2, 0) is 20.7 Å². The van der Waals surface area contributed by atoms with Crippen LogP contribution in [0.5, 0.6) is 5.75 Å². The third-order valence-electron chi connectivity index (χ3n) is 4.13. The lowest BCUT2D eigenvalue weighted by Crippen LogP contribution is -2.33. The minimum absolute atomic E-state index is 0.210. The highest BCUT2D eigenvalue weighted by Crippen LogP contribution is 2.27. The lowest BCUT2D eigenvalue weighted by Gasteiger charge is -2.16. The molecule has 5 heteroatoms. The van der Waals surface area contributed by atoms with Crippen LogP contribution < -0.4 is 9.64 Å². The average molecular weight is 351 g/mol. The smallest absolute Gasteiger partial charge is 0.331 e. The molecule has 3 rings (SSSR count). The molecule has 0 spiro atoms. The Labute approximate surface area is 152 Å². The third-order valence-corrected chi connectivity index (χ3v) is 4.13. The first-order valence-electron chi connectivity index (χ1n) is 8.63. The van der Waals surface area contributed by atoms with Gasteiger partial charge in [0, 0.05) is 18.3 Å². The number of hydrogen-bond donors (Lipinski definition) is 0. The molecule has 5 nitrogen and oxygen atoms in total.